The Kier molecular flexibility index (Phi) is 5.16. The van der Waals surface area contributed by atoms with Crippen molar-refractivity contribution in [1.29, 1.82) is 0 Å². The van der Waals surface area contributed by atoms with Gasteiger partial charge in [0.15, 0.2) is 6.61 Å². The molecule has 1 atom stereocenters. The minimum absolute atomic E-state index is 0.152. The number of carbonyl (C=O) groups excluding carboxylic acids is 1. The normalized spacial score (nSPS) is 12.3. The van der Waals surface area contributed by atoms with Gasteiger partial charge >= 0.3 is 5.97 Å². The van der Waals surface area contributed by atoms with Crippen molar-refractivity contribution in [3.8, 4) is 5.75 Å². The summed E-state index contributed by atoms with van der Waals surface area (Å²) in [5, 5.41) is 9.64. The number of aliphatic hydroxyl groups is 1. The summed E-state index contributed by atoms with van der Waals surface area (Å²) in [7, 11) is 0. The van der Waals surface area contributed by atoms with Crippen LogP contribution in [0.2, 0.25) is 0 Å². The van der Waals surface area contributed by atoms with Gasteiger partial charge in [0.05, 0.1) is 12.2 Å². The molecule has 0 aromatic heterocycles. The van der Waals surface area contributed by atoms with Crippen molar-refractivity contribution in [3.05, 3.63) is 29.3 Å². The van der Waals surface area contributed by atoms with Crippen molar-refractivity contribution in [2.24, 2.45) is 0 Å². The summed E-state index contributed by atoms with van der Waals surface area (Å²) < 4.78 is 10.4. The molecule has 0 heterocycles. The Balaban J connectivity index is 2.70. The quantitative estimate of drug-likeness (QED) is 0.817. The van der Waals surface area contributed by atoms with E-state index in [1.165, 1.54) is 0 Å². The van der Waals surface area contributed by atoms with Gasteiger partial charge in [0, 0.05) is 5.56 Å². The van der Waals surface area contributed by atoms with Gasteiger partial charge in [-0.15, -0.1) is 0 Å². The van der Waals surface area contributed by atoms with E-state index in [0.717, 1.165) is 5.56 Å². The first-order valence-electron chi connectivity index (χ1n) is 6.01. The highest BCUT2D eigenvalue weighted by Gasteiger charge is 2.12. The Hall–Kier alpha value is -1.55. The van der Waals surface area contributed by atoms with E-state index in [-0.39, 0.29) is 12.7 Å². The van der Waals surface area contributed by atoms with Crippen LogP contribution in [0.4, 0.5) is 0 Å². The molecule has 0 aliphatic heterocycles. The Morgan fingerprint density at radius 1 is 1.33 bits per heavy atom. The van der Waals surface area contributed by atoms with Crippen LogP contribution < -0.4 is 4.74 Å². The van der Waals surface area contributed by atoms with Crippen molar-refractivity contribution >= 4 is 5.97 Å². The monoisotopic (exact) mass is 252 g/mol. The average Bonchev–Trinajstić information content (AvgIpc) is 2.26. The average molecular weight is 252 g/mol. The second-order valence-corrected chi connectivity index (χ2v) is 4.54. The van der Waals surface area contributed by atoms with Crippen LogP contribution >= 0.6 is 0 Å². The minimum atomic E-state index is -0.638. The van der Waals surface area contributed by atoms with Crippen LogP contribution in [0.15, 0.2) is 18.2 Å². The number of hydrogen-bond acceptors (Lipinski definition) is 4. The minimum Gasteiger partial charge on any atom is -0.482 e. The molecule has 4 heteroatoms. The van der Waals surface area contributed by atoms with Crippen LogP contribution in [0.5, 0.6) is 5.75 Å². The number of benzene rings is 1. The lowest BCUT2D eigenvalue weighted by Crippen LogP contribution is -2.19. The van der Waals surface area contributed by atoms with Gasteiger partial charge in [0.2, 0.25) is 0 Å². The maximum absolute atomic E-state index is 11.4. The van der Waals surface area contributed by atoms with Gasteiger partial charge in [-0.1, -0.05) is 11.6 Å². The number of ether oxygens (including phenoxy) is 2. The first-order chi connectivity index (χ1) is 8.40. The topological polar surface area (TPSA) is 55.8 Å². The third-order valence-electron chi connectivity index (χ3n) is 2.33. The van der Waals surface area contributed by atoms with Crippen molar-refractivity contribution in [3.63, 3.8) is 0 Å². The summed E-state index contributed by atoms with van der Waals surface area (Å²) in [5.74, 6) is 0.0958. The van der Waals surface area contributed by atoms with E-state index < -0.39 is 12.1 Å². The number of hydrogen-bond donors (Lipinski definition) is 1. The molecular formula is C14H20O4. The Bertz CT molecular complexity index is 410. The number of esters is 1. The molecule has 0 amide bonds. The highest BCUT2D eigenvalue weighted by molar-refractivity contribution is 5.71. The van der Waals surface area contributed by atoms with Crippen LogP contribution in [0, 0.1) is 6.92 Å². The highest BCUT2D eigenvalue weighted by atomic mass is 16.6. The Morgan fingerprint density at radius 2 is 2.00 bits per heavy atom. The van der Waals surface area contributed by atoms with Crippen LogP contribution in [0.25, 0.3) is 0 Å². The zero-order valence-corrected chi connectivity index (χ0v) is 11.3. The molecule has 0 aliphatic rings. The fraction of sp³-hybridized carbons (Fsp3) is 0.500. The van der Waals surface area contributed by atoms with Gasteiger partial charge in [0.25, 0.3) is 0 Å². The second kappa shape index (κ2) is 6.40. The first-order valence-corrected chi connectivity index (χ1v) is 6.01. The summed E-state index contributed by atoms with van der Waals surface area (Å²) in [5.41, 5.74) is 1.70. The number of rotatable bonds is 5. The summed E-state index contributed by atoms with van der Waals surface area (Å²) in [6.07, 6.45) is -0.795. The fourth-order valence-electron chi connectivity index (χ4n) is 1.56. The van der Waals surface area contributed by atoms with E-state index in [1.807, 2.05) is 19.1 Å². The molecule has 0 saturated carbocycles. The van der Waals surface area contributed by atoms with Gasteiger partial charge in [-0.25, -0.2) is 4.79 Å². The third-order valence-corrected chi connectivity index (χ3v) is 2.33. The summed E-state index contributed by atoms with van der Waals surface area (Å²) in [6.45, 7) is 7.01. The van der Waals surface area contributed by atoms with Crippen molar-refractivity contribution < 1.29 is 19.4 Å². The van der Waals surface area contributed by atoms with Crippen molar-refractivity contribution in [2.75, 3.05) is 6.61 Å². The molecule has 1 rings (SSSR count). The molecule has 1 aromatic rings. The maximum Gasteiger partial charge on any atom is 0.344 e. The Labute approximate surface area is 108 Å². The molecule has 100 valence electrons. The molecule has 0 aliphatic carbocycles. The van der Waals surface area contributed by atoms with E-state index >= 15 is 0 Å². The summed E-state index contributed by atoms with van der Waals surface area (Å²) in [6, 6.07) is 5.46. The molecule has 0 unspecified atom stereocenters. The van der Waals surface area contributed by atoms with Gasteiger partial charge in [-0.3, -0.25) is 0 Å². The molecule has 0 fully saturated rings. The molecule has 0 bridgehead atoms. The summed E-state index contributed by atoms with van der Waals surface area (Å²) in [4.78, 5) is 11.4. The fourth-order valence-corrected chi connectivity index (χ4v) is 1.56. The van der Waals surface area contributed by atoms with Crippen molar-refractivity contribution in [1.82, 2.24) is 0 Å². The van der Waals surface area contributed by atoms with E-state index in [9.17, 15) is 9.90 Å². The van der Waals surface area contributed by atoms with Gasteiger partial charge in [0.1, 0.15) is 5.75 Å². The lowest BCUT2D eigenvalue weighted by molar-refractivity contribution is -0.149. The van der Waals surface area contributed by atoms with E-state index in [0.29, 0.717) is 11.3 Å². The standard InChI is InChI=1S/C14H20O4/c1-9(2)18-14(16)8-17-13-6-5-10(3)7-12(13)11(4)15/h5-7,9,11,15H,8H2,1-4H3/t11-/m1/s1. The van der Waals surface area contributed by atoms with Crippen LogP contribution in [-0.4, -0.2) is 23.8 Å². The molecule has 0 radical (unpaired) electrons. The van der Waals surface area contributed by atoms with Gasteiger partial charge in [-0.2, -0.15) is 0 Å². The molecular weight excluding hydrogens is 232 g/mol. The van der Waals surface area contributed by atoms with Crippen LogP contribution in [0.3, 0.4) is 0 Å². The van der Waals surface area contributed by atoms with Gasteiger partial charge < -0.3 is 14.6 Å². The number of aliphatic hydroxyl groups excluding tert-OH is 1. The number of carbonyl (C=O) groups is 1. The molecule has 1 aromatic carbocycles. The molecule has 0 saturated heterocycles. The zero-order chi connectivity index (χ0) is 13.7. The van der Waals surface area contributed by atoms with Crippen molar-refractivity contribution in [2.45, 2.75) is 39.9 Å². The molecule has 4 nitrogen and oxygen atoms in total. The smallest absolute Gasteiger partial charge is 0.344 e. The van der Waals surface area contributed by atoms with Gasteiger partial charge in [-0.05, 0) is 39.8 Å². The SMILES string of the molecule is Cc1ccc(OCC(=O)OC(C)C)c([C@@H](C)O)c1. The highest BCUT2D eigenvalue weighted by Crippen LogP contribution is 2.26. The predicted octanol–water partition coefficient (Wildman–Crippen LogP) is 2.38. The van der Waals surface area contributed by atoms with E-state index in [2.05, 4.69) is 0 Å². The molecule has 0 spiro atoms. The zero-order valence-electron chi connectivity index (χ0n) is 11.3. The lowest BCUT2D eigenvalue weighted by Gasteiger charge is -2.14. The molecule has 1 N–H and O–H groups in total. The first kappa shape index (κ1) is 14.5. The van der Waals surface area contributed by atoms with Crippen LogP contribution in [-0.2, 0) is 9.53 Å². The summed E-state index contributed by atoms with van der Waals surface area (Å²) >= 11 is 0. The number of aryl methyl sites for hydroxylation is 1. The Morgan fingerprint density at radius 3 is 2.56 bits per heavy atom. The predicted molar refractivity (Wildman–Crippen MR) is 68.5 cm³/mol. The van der Waals surface area contributed by atoms with Crippen LogP contribution in [0.1, 0.15) is 38.0 Å². The van der Waals surface area contributed by atoms with E-state index in [4.69, 9.17) is 9.47 Å². The second-order valence-electron chi connectivity index (χ2n) is 4.54. The maximum atomic E-state index is 11.4. The molecule has 18 heavy (non-hydrogen) atoms. The van der Waals surface area contributed by atoms with E-state index in [1.54, 1.807) is 26.8 Å². The third kappa shape index (κ3) is 4.37. The largest absolute Gasteiger partial charge is 0.482 e. The lowest BCUT2D eigenvalue weighted by atomic mass is 10.1.